The minimum atomic E-state index is -0.721. The molecule has 0 spiro atoms. The summed E-state index contributed by atoms with van der Waals surface area (Å²) in [5.74, 6) is -0.721. The lowest BCUT2D eigenvalue weighted by atomic mass is 10.1. The number of carbonyl (C=O) groups is 1. The number of aliphatic carboxylic acids is 1. The molecule has 0 aromatic heterocycles. The van der Waals surface area contributed by atoms with Crippen LogP contribution in [-0.4, -0.2) is 60.1 Å². The Labute approximate surface area is 99.2 Å². The van der Waals surface area contributed by atoms with Gasteiger partial charge < -0.3 is 10.0 Å². The third kappa shape index (κ3) is 7.65. The highest BCUT2D eigenvalue weighted by atomic mass is 16.4. The zero-order chi connectivity index (χ0) is 12.8. The molecular weight excluding hydrogens is 204 g/mol. The van der Waals surface area contributed by atoms with E-state index in [4.69, 9.17) is 5.11 Å². The number of carboxylic acid groups (broad SMARTS) is 1. The fourth-order valence-electron chi connectivity index (χ4n) is 1.59. The molecular formula is C12H26N2O2. The van der Waals surface area contributed by atoms with Gasteiger partial charge >= 0.3 is 5.97 Å². The highest BCUT2D eigenvalue weighted by Gasteiger charge is 2.21. The van der Waals surface area contributed by atoms with Crippen LogP contribution in [0, 0.1) is 0 Å². The molecule has 0 aromatic carbocycles. The van der Waals surface area contributed by atoms with Gasteiger partial charge in [0.2, 0.25) is 0 Å². The molecule has 96 valence electrons. The van der Waals surface area contributed by atoms with Gasteiger partial charge in [0.1, 0.15) is 0 Å². The van der Waals surface area contributed by atoms with Crippen molar-refractivity contribution in [3.05, 3.63) is 0 Å². The first kappa shape index (κ1) is 15.4. The van der Waals surface area contributed by atoms with Crippen LogP contribution in [0.15, 0.2) is 0 Å². The van der Waals surface area contributed by atoms with Crippen LogP contribution < -0.4 is 0 Å². The fourth-order valence-corrected chi connectivity index (χ4v) is 1.59. The molecule has 0 aromatic rings. The summed E-state index contributed by atoms with van der Waals surface area (Å²) < 4.78 is 0. The van der Waals surface area contributed by atoms with Crippen molar-refractivity contribution in [2.45, 2.75) is 39.2 Å². The Bertz CT molecular complexity index is 210. The van der Waals surface area contributed by atoms with Gasteiger partial charge in [-0.25, -0.2) is 0 Å². The van der Waals surface area contributed by atoms with Crippen molar-refractivity contribution in [2.75, 3.05) is 33.7 Å². The van der Waals surface area contributed by atoms with E-state index in [9.17, 15) is 4.79 Å². The van der Waals surface area contributed by atoms with E-state index in [1.54, 1.807) is 0 Å². The Hall–Kier alpha value is -0.610. The number of rotatable bonds is 7. The second-order valence-corrected chi connectivity index (χ2v) is 5.46. The van der Waals surface area contributed by atoms with Crippen LogP contribution in [0.1, 0.15) is 33.6 Å². The van der Waals surface area contributed by atoms with Crippen LogP contribution in [0.4, 0.5) is 0 Å². The number of nitrogens with zero attached hydrogens (tertiary/aromatic N) is 2. The monoisotopic (exact) mass is 230 g/mol. The Kier molecular flexibility index (Phi) is 6.60. The lowest BCUT2D eigenvalue weighted by molar-refractivity contribution is -0.137. The van der Waals surface area contributed by atoms with Gasteiger partial charge in [-0.1, -0.05) is 0 Å². The molecule has 4 heteroatoms. The molecule has 0 rings (SSSR count). The van der Waals surface area contributed by atoms with Crippen molar-refractivity contribution in [1.29, 1.82) is 0 Å². The van der Waals surface area contributed by atoms with E-state index >= 15 is 0 Å². The summed E-state index contributed by atoms with van der Waals surface area (Å²) in [7, 11) is 4.11. The van der Waals surface area contributed by atoms with Crippen molar-refractivity contribution in [1.82, 2.24) is 9.80 Å². The first-order chi connectivity index (χ1) is 7.23. The molecule has 1 N–H and O–H groups in total. The highest BCUT2D eigenvalue weighted by molar-refractivity contribution is 5.66. The Morgan fingerprint density at radius 1 is 1.12 bits per heavy atom. The molecule has 0 saturated carbocycles. The van der Waals surface area contributed by atoms with Gasteiger partial charge in [0.05, 0.1) is 6.42 Å². The van der Waals surface area contributed by atoms with Gasteiger partial charge in [-0.15, -0.1) is 0 Å². The van der Waals surface area contributed by atoms with E-state index in [0.717, 1.165) is 19.5 Å². The lowest BCUT2D eigenvalue weighted by Crippen LogP contribution is -2.43. The van der Waals surface area contributed by atoms with Crippen LogP contribution in [0.25, 0.3) is 0 Å². The molecule has 0 aliphatic heterocycles. The van der Waals surface area contributed by atoms with Gasteiger partial charge in [-0.2, -0.15) is 0 Å². The van der Waals surface area contributed by atoms with E-state index in [-0.39, 0.29) is 12.0 Å². The summed E-state index contributed by atoms with van der Waals surface area (Å²) in [6, 6.07) is 0. The largest absolute Gasteiger partial charge is 0.481 e. The van der Waals surface area contributed by atoms with E-state index in [1.807, 2.05) is 0 Å². The lowest BCUT2D eigenvalue weighted by Gasteiger charge is -2.35. The van der Waals surface area contributed by atoms with Gasteiger partial charge in [-0.3, -0.25) is 9.69 Å². The molecule has 0 bridgehead atoms. The average Bonchev–Trinajstić information content (AvgIpc) is 2.07. The topological polar surface area (TPSA) is 43.8 Å². The zero-order valence-corrected chi connectivity index (χ0v) is 11.3. The summed E-state index contributed by atoms with van der Waals surface area (Å²) >= 11 is 0. The Morgan fingerprint density at radius 2 is 1.69 bits per heavy atom. The first-order valence-corrected chi connectivity index (χ1v) is 5.85. The highest BCUT2D eigenvalue weighted by Crippen LogP contribution is 2.14. The molecule has 0 amide bonds. The van der Waals surface area contributed by atoms with Crippen molar-refractivity contribution >= 4 is 5.97 Å². The Balaban J connectivity index is 4.07. The van der Waals surface area contributed by atoms with Crippen molar-refractivity contribution < 1.29 is 9.90 Å². The predicted molar refractivity (Wildman–Crippen MR) is 66.7 cm³/mol. The normalized spacial score (nSPS) is 12.4. The summed E-state index contributed by atoms with van der Waals surface area (Å²) in [5.41, 5.74) is 0.0434. The molecule has 0 aliphatic carbocycles. The van der Waals surface area contributed by atoms with Crippen LogP contribution in [0.3, 0.4) is 0 Å². The summed E-state index contributed by atoms with van der Waals surface area (Å²) in [6.07, 6.45) is 1.29. The van der Waals surface area contributed by atoms with Crippen LogP contribution >= 0.6 is 0 Å². The second-order valence-electron chi connectivity index (χ2n) is 5.46. The summed E-state index contributed by atoms with van der Waals surface area (Å²) in [4.78, 5) is 15.0. The minimum Gasteiger partial charge on any atom is -0.481 e. The molecule has 4 nitrogen and oxygen atoms in total. The van der Waals surface area contributed by atoms with Crippen LogP contribution in [0.2, 0.25) is 0 Å². The maximum atomic E-state index is 10.6. The fraction of sp³-hybridized carbons (Fsp3) is 0.917. The quantitative estimate of drug-likeness (QED) is 0.720. The smallest absolute Gasteiger partial charge is 0.304 e. The van der Waals surface area contributed by atoms with Crippen molar-refractivity contribution in [3.8, 4) is 0 Å². The standard InChI is InChI=1S/C12H26N2O2/c1-12(2,3)14(10-7-11(15)16)9-6-8-13(4)5/h6-10H2,1-5H3,(H,15,16). The average molecular weight is 230 g/mol. The molecule has 0 heterocycles. The molecule has 0 atom stereocenters. The van der Waals surface area contributed by atoms with Gasteiger partial charge in [0, 0.05) is 12.1 Å². The number of hydrogen-bond donors (Lipinski definition) is 1. The first-order valence-electron chi connectivity index (χ1n) is 5.85. The van der Waals surface area contributed by atoms with E-state index < -0.39 is 5.97 Å². The summed E-state index contributed by atoms with van der Waals surface area (Å²) in [5, 5.41) is 8.71. The molecule has 16 heavy (non-hydrogen) atoms. The summed E-state index contributed by atoms with van der Waals surface area (Å²) in [6.45, 7) is 9.01. The Morgan fingerprint density at radius 3 is 2.06 bits per heavy atom. The second kappa shape index (κ2) is 6.86. The number of carboxylic acids is 1. The zero-order valence-electron chi connectivity index (χ0n) is 11.3. The van der Waals surface area contributed by atoms with Gasteiger partial charge in [0.25, 0.3) is 0 Å². The minimum absolute atomic E-state index is 0.0434. The van der Waals surface area contributed by atoms with Crippen molar-refractivity contribution in [3.63, 3.8) is 0 Å². The van der Waals surface area contributed by atoms with Crippen molar-refractivity contribution in [2.24, 2.45) is 0 Å². The van der Waals surface area contributed by atoms with E-state index in [0.29, 0.717) is 6.54 Å². The SMILES string of the molecule is CN(C)CCCN(CCC(=O)O)C(C)(C)C. The predicted octanol–water partition coefficient (Wildman–Crippen LogP) is 1.51. The molecule has 0 saturated heterocycles. The maximum Gasteiger partial charge on any atom is 0.304 e. The van der Waals surface area contributed by atoms with E-state index in [2.05, 4.69) is 44.7 Å². The number of hydrogen-bond acceptors (Lipinski definition) is 3. The van der Waals surface area contributed by atoms with Gasteiger partial charge in [0.15, 0.2) is 0 Å². The maximum absolute atomic E-state index is 10.6. The third-order valence-electron chi connectivity index (χ3n) is 2.58. The van der Waals surface area contributed by atoms with Crippen LogP contribution in [-0.2, 0) is 4.79 Å². The van der Waals surface area contributed by atoms with Gasteiger partial charge in [-0.05, 0) is 54.4 Å². The van der Waals surface area contributed by atoms with Crippen LogP contribution in [0.5, 0.6) is 0 Å². The molecule has 0 fully saturated rings. The molecule has 0 unspecified atom stereocenters. The molecule has 0 radical (unpaired) electrons. The van der Waals surface area contributed by atoms with E-state index in [1.165, 1.54) is 0 Å². The molecule has 0 aliphatic rings. The third-order valence-corrected chi connectivity index (χ3v) is 2.58.